The van der Waals surface area contributed by atoms with Crippen LogP contribution >= 0.6 is 11.8 Å². The van der Waals surface area contributed by atoms with E-state index in [1.807, 2.05) is 36.4 Å². The third-order valence-electron chi connectivity index (χ3n) is 3.92. The van der Waals surface area contributed by atoms with E-state index in [4.69, 9.17) is 5.11 Å². The van der Waals surface area contributed by atoms with Gasteiger partial charge < -0.3 is 15.3 Å². The Bertz CT molecular complexity index is 691. The fourth-order valence-electron chi connectivity index (χ4n) is 2.47. The highest BCUT2D eigenvalue weighted by molar-refractivity contribution is 7.99. The van der Waals surface area contributed by atoms with Gasteiger partial charge in [-0.05, 0) is 36.9 Å². The second-order valence-electron chi connectivity index (χ2n) is 5.90. The molecule has 0 aliphatic carbocycles. The maximum Gasteiger partial charge on any atom is 0.252 e. The van der Waals surface area contributed by atoms with E-state index in [-0.39, 0.29) is 12.5 Å². The molecule has 0 atom stereocenters. The maximum atomic E-state index is 12.5. The van der Waals surface area contributed by atoms with Crippen molar-refractivity contribution in [3.8, 4) is 0 Å². The van der Waals surface area contributed by atoms with Gasteiger partial charge in [-0.3, -0.25) is 4.79 Å². The molecule has 0 saturated heterocycles. The van der Waals surface area contributed by atoms with E-state index in [0.717, 1.165) is 23.5 Å². The lowest BCUT2D eigenvalue weighted by Crippen LogP contribution is -2.23. The number of hydrogen-bond donors (Lipinski definition) is 2. The summed E-state index contributed by atoms with van der Waals surface area (Å²) in [5, 5.41) is 12.0. The Morgan fingerprint density at radius 3 is 2.68 bits per heavy atom. The fraction of sp³-hybridized carbons (Fsp3) is 0.350. The quantitative estimate of drug-likeness (QED) is 0.676. The molecule has 1 amide bonds. The minimum atomic E-state index is -0.0860. The molecule has 0 aliphatic rings. The van der Waals surface area contributed by atoms with Gasteiger partial charge in [0.15, 0.2) is 0 Å². The van der Waals surface area contributed by atoms with E-state index in [1.54, 1.807) is 0 Å². The summed E-state index contributed by atoms with van der Waals surface area (Å²) in [4.78, 5) is 15.7. The number of amides is 1. The average molecular weight is 359 g/mol. The molecule has 0 heterocycles. The Kier molecular flexibility index (Phi) is 7.98. The van der Waals surface area contributed by atoms with Crippen molar-refractivity contribution < 1.29 is 9.90 Å². The Morgan fingerprint density at radius 1 is 1.16 bits per heavy atom. The van der Waals surface area contributed by atoms with Crippen LogP contribution in [0.4, 0.5) is 0 Å². The van der Waals surface area contributed by atoms with Crippen LogP contribution in [-0.2, 0) is 13.1 Å². The van der Waals surface area contributed by atoms with Crippen LogP contribution in [0.1, 0.15) is 28.4 Å². The third kappa shape index (κ3) is 6.20. The van der Waals surface area contributed by atoms with Crippen LogP contribution in [0.2, 0.25) is 0 Å². The minimum absolute atomic E-state index is 0.0860. The number of benzene rings is 2. The number of thioether (sulfide) groups is 1. The van der Waals surface area contributed by atoms with Gasteiger partial charge in [-0.15, -0.1) is 11.8 Å². The average Bonchev–Trinajstić information content (AvgIpc) is 2.65. The van der Waals surface area contributed by atoms with Crippen LogP contribution in [0.15, 0.2) is 53.4 Å². The molecule has 2 rings (SSSR count). The predicted octanol–water partition coefficient (Wildman–Crippen LogP) is 3.15. The van der Waals surface area contributed by atoms with Gasteiger partial charge >= 0.3 is 0 Å². The van der Waals surface area contributed by atoms with Gasteiger partial charge in [0.1, 0.15) is 0 Å². The second kappa shape index (κ2) is 10.2. The number of carbonyl (C=O) groups excluding carboxylic acids is 1. The Balaban J connectivity index is 1.99. The van der Waals surface area contributed by atoms with Crippen LogP contribution in [0, 0.1) is 0 Å². The molecule has 0 saturated carbocycles. The van der Waals surface area contributed by atoms with Crippen LogP contribution in [0.5, 0.6) is 0 Å². The van der Waals surface area contributed by atoms with Crippen LogP contribution in [0.25, 0.3) is 0 Å². The number of carbonyl (C=O) groups is 1. The number of nitrogens with zero attached hydrogens (tertiary/aromatic N) is 1. The molecule has 0 aliphatic heterocycles. The van der Waals surface area contributed by atoms with Crippen molar-refractivity contribution in [3.05, 3.63) is 65.2 Å². The van der Waals surface area contributed by atoms with Gasteiger partial charge in [-0.1, -0.05) is 43.3 Å². The molecular formula is C20H26N2O2S. The summed E-state index contributed by atoms with van der Waals surface area (Å²) in [6.45, 7) is 4.64. The summed E-state index contributed by atoms with van der Waals surface area (Å²) in [6, 6.07) is 15.8. The molecule has 4 nitrogen and oxygen atoms in total. The molecule has 0 radical (unpaired) electrons. The first-order valence-corrected chi connectivity index (χ1v) is 9.49. The molecule has 5 heteroatoms. The standard InChI is InChI=1S/C20H26N2O2S/c1-3-22(2)15-17-8-6-7-16(13-17)14-21-20(24)18-9-4-5-10-19(18)25-12-11-23/h4-10,13,23H,3,11-12,14-15H2,1-2H3,(H,21,24). The van der Waals surface area contributed by atoms with Crippen molar-refractivity contribution >= 4 is 17.7 Å². The smallest absolute Gasteiger partial charge is 0.252 e. The number of nitrogens with one attached hydrogen (secondary N) is 1. The van der Waals surface area contributed by atoms with Crippen LogP contribution in [-0.4, -0.2) is 41.9 Å². The van der Waals surface area contributed by atoms with E-state index in [0.29, 0.717) is 17.9 Å². The Morgan fingerprint density at radius 2 is 1.92 bits per heavy atom. The number of rotatable bonds is 9. The summed E-state index contributed by atoms with van der Waals surface area (Å²) in [7, 11) is 2.09. The summed E-state index contributed by atoms with van der Waals surface area (Å²) >= 11 is 1.49. The monoisotopic (exact) mass is 358 g/mol. The van der Waals surface area contributed by atoms with E-state index in [9.17, 15) is 4.79 Å². The van der Waals surface area contributed by atoms with E-state index in [1.165, 1.54) is 17.3 Å². The fourth-order valence-corrected chi connectivity index (χ4v) is 3.28. The third-order valence-corrected chi connectivity index (χ3v) is 4.97. The molecule has 134 valence electrons. The molecule has 0 spiro atoms. The van der Waals surface area contributed by atoms with Gasteiger partial charge in [0.2, 0.25) is 0 Å². The molecule has 25 heavy (non-hydrogen) atoms. The Labute approximate surface area is 154 Å². The lowest BCUT2D eigenvalue weighted by atomic mass is 10.1. The van der Waals surface area contributed by atoms with Gasteiger partial charge in [-0.25, -0.2) is 0 Å². The molecule has 2 aromatic rings. The molecular weight excluding hydrogens is 332 g/mol. The number of aliphatic hydroxyl groups excluding tert-OH is 1. The van der Waals surface area contributed by atoms with Crippen molar-refractivity contribution in [2.45, 2.75) is 24.9 Å². The zero-order valence-electron chi connectivity index (χ0n) is 14.9. The van der Waals surface area contributed by atoms with E-state index < -0.39 is 0 Å². The minimum Gasteiger partial charge on any atom is -0.396 e. The summed E-state index contributed by atoms with van der Waals surface area (Å²) in [5.74, 6) is 0.495. The largest absolute Gasteiger partial charge is 0.396 e. The molecule has 2 N–H and O–H groups in total. The lowest BCUT2D eigenvalue weighted by Gasteiger charge is -2.15. The topological polar surface area (TPSA) is 52.6 Å². The van der Waals surface area contributed by atoms with Crippen molar-refractivity contribution in [2.24, 2.45) is 0 Å². The highest BCUT2D eigenvalue weighted by Crippen LogP contribution is 2.22. The van der Waals surface area contributed by atoms with E-state index in [2.05, 4.69) is 36.3 Å². The first kappa shape index (κ1) is 19.5. The predicted molar refractivity (Wildman–Crippen MR) is 104 cm³/mol. The summed E-state index contributed by atoms with van der Waals surface area (Å²) in [6.07, 6.45) is 0. The van der Waals surface area contributed by atoms with Gasteiger partial charge in [0.25, 0.3) is 5.91 Å². The maximum absolute atomic E-state index is 12.5. The van der Waals surface area contributed by atoms with Crippen molar-refractivity contribution in [2.75, 3.05) is 26.0 Å². The van der Waals surface area contributed by atoms with Gasteiger partial charge in [0.05, 0.1) is 12.2 Å². The highest BCUT2D eigenvalue weighted by Gasteiger charge is 2.11. The summed E-state index contributed by atoms with van der Waals surface area (Å²) < 4.78 is 0. The number of hydrogen-bond acceptors (Lipinski definition) is 4. The SMILES string of the molecule is CCN(C)Cc1cccc(CNC(=O)c2ccccc2SCCO)c1. The zero-order valence-corrected chi connectivity index (χ0v) is 15.7. The van der Waals surface area contributed by atoms with Crippen LogP contribution < -0.4 is 5.32 Å². The van der Waals surface area contributed by atoms with Crippen molar-refractivity contribution in [1.82, 2.24) is 10.2 Å². The lowest BCUT2D eigenvalue weighted by molar-refractivity contribution is 0.0948. The molecule has 0 bridgehead atoms. The first-order valence-electron chi connectivity index (χ1n) is 8.51. The van der Waals surface area contributed by atoms with E-state index >= 15 is 0 Å². The number of aliphatic hydroxyl groups is 1. The molecule has 0 unspecified atom stereocenters. The molecule has 2 aromatic carbocycles. The second-order valence-corrected chi connectivity index (χ2v) is 7.04. The first-order chi connectivity index (χ1) is 12.1. The van der Waals surface area contributed by atoms with Crippen molar-refractivity contribution in [1.29, 1.82) is 0 Å². The Hall–Kier alpha value is -1.82. The summed E-state index contributed by atoms with van der Waals surface area (Å²) in [5.41, 5.74) is 2.99. The highest BCUT2D eigenvalue weighted by atomic mass is 32.2. The van der Waals surface area contributed by atoms with Crippen molar-refractivity contribution in [3.63, 3.8) is 0 Å². The molecule has 0 fully saturated rings. The normalized spacial score (nSPS) is 10.9. The zero-order chi connectivity index (χ0) is 18.1. The van der Waals surface area contributed by atoms with Crippen LogP contribution in [0.3, 0.4) is 0 Å². The van der Waals surface area contributed by atoms with Gasteiger partial charge in [-0.2, -0.15) is 0 Å². The molecule has 0 aromatic heterocycles. The van der Waals surface area contributed by atoms with Gasteiger partial charge in [0, 0.05) is 23.7 Å².